The molecule has 0 unspecified atom stereocenters. The van der Waals surface area contributed by atoms with E-state index in [1.165, 1.54) is 5.56 Å². The third-order valence-electron chi connectivity index (χ3n) is 6.97. The summed E-state index contributed by atoms with van der Waals surface area (Å²) < 4.78 is 11.1. The lowest BCUT2D eigenvalue weighted by molar-refractivity contribution is 0.0638. The minimum atomic E-state index is -0.540. The van der Waals surface area contributed by atoms with E-state index in [4.69, 9.17) is 21.1 Å². The lowest BCUT2D eigenvalue weighted by Crippen LogP contribution is -2.49. The molecule has 0 bridgehead atoms. The van der Waals surface area contributed by atoms with Crippen molar-refractivity contribution in [2.75, 3.05) is 44.6 Å². The van der Waals surface area contributed by atoms with Gasteiger partial charge in [-0.05, 0) is 79.8 Å². The molecule has 1 aliphatic heterocycles. The Morgan fingerprint density at radius 2 is 1.54 bits per heavy atom. The van der Waals surface area contributed by atoms with Crippen LogP contribution in [0.1, 0.15) is 40.9 Å². The molecule has 0 spiro atoms. The number of nitrogens with zero attached hydrogens (tertiary/aromatic N) is 2. The average molecular weight is 601 g/mol. The average Bonchev–Trinajstić information content (AvgIpc) is 2.96. The van der Waals surface area contributed by atoms with Crippen LogP contribution in [0.5, 0.6) is 0 Å². The van der Waals surface area contributed by atoms with Crippen molar-refractivity contribution in [1.82, 2.24) is 9.80 Å². The van der Waals surface area contributed by atoms with Crippen LogP contribution in [-0.4, -0.2) is 67.2 Å². The third-order valence-corrected chi connectivity index (χ3v) is 7.22. The van der Waals surface area contributed by atoms with Gasteiger partial charge in [0.25, 0.3) is 5.91 Å². The molecule has 1 N–H and O–H groups in total. The fourth-order valence-electron chi connectivity index (χ4n) is 4.64. The normalized spacial score (nSPS) is 13.5. The number of amides is 2. The monoisotopic (exact) mass is 599 g/mol. The minimum absolute atomic E-state index is 0. The first kappa shape index (κ1) is 32.4. The maximum absolute atomic E-state index is 13.0. The summed E-state index contributed by atoms with van der Waals surface area (Å²) >= 11 is 5.97. The Hall–Kier alpha value is -3.10. The fourth-order valence-corrected chi connectivity index (χ4v) is 4.76. The van der Waals surface area contributed by atoms with Crippen molar-refractivity contribution in [3.63, 3.8) is 0 Å². The summed E-state index contributed by atoms with van der Waals surface area (Å²) in [6.45, 7) is 8.84. The summed E-state index contributed by atoms with van der Waals surface area (Å²) in [5.41, 5.74) is 4.49. The molecule has 0 aliphatic carbocycles. The lowest BCUT2D eigenvalue weighted by atomic mass is 10.1. The van der Waals surface area contributed by atoms with E-state index in [0.29, 0.717) is 30.9 Å². The summed E-state index contributed by atoms with van der Waals surface area (Å²) in [5.74, 6) is 0.00420. The van der Waals surface area contributed by atoms with E-state index in [0.717, 1.165) is 48.6 Å². The zero-order chi connectivity index (χ0) is 28.3. The molecule has 0 atom stereocenters. The number of carbonyl (C=O) groups excluding carboxylic acids is 2. The summed E-state index contributed by atoms with van der Waals surface area (Å²) in [6, 6.07) is 22.8. The van der Waals surface area contributed by atoms with Gasteiger partial charge in [0.05, 0.1) is 12.7 Å². The van der Waals surface area contributed by atoms with E-state index in [1.807, 2.05) is 55.1 Å². The highest BCUT2D eigenvalue weighted by molar-refractivity contribution is 6.30. The number of hydrogen-bond acceptors (Lipinski definition) is 5. The summed E-state index contributed by atoms with van der Waals surface area (Å²) in [4.78, 5) is 29.7. The first-order valence-corrected chi connectivity index (χ1v) is 14.2. The van der Waals surface area contributed by atoms with Crippen molar-refractivity contribution in [2.45, 2.75) is 39.4 Å². The maximum Gasteiger partial charge on any atom is 0.411 e. The Morgan fingerprint density at radius 3 is 2.20 bits per heavy atom. The van der Waals surface area contributed by atoms with Gasteiger partial charge in [-0.2, -0.15) is 0 Å². The Bertz CT molecular complexity index is 1240. The van der Waals surface area contributed by atoms with Gasteiger partial charge in [0.2, 0.25) is 0 Å². The van der Waals surface area contributed by atoms with Gasteiger partial charge in [-0.15, -0.1) is 12.4 Å². The van der Waals surface area contributed by atoms with Gasteiger partial charge in [0, 0.05) is 49.0 Å². The molecule has 0 radical (unpaired) electrons. The van der Waals surface area contributed by atoms with Crippen LogP contribution in [0.4, 0.5) is 10.5 Å². The molecule has 3 aromatic rings. The molecular formula is C32H39Cl2N3O4. The van der Waals surface area contributed by atoms with Gasteiger partial charge in [0.15, 0.2) is 0 Å². The van der Waals surface area contributed by atoms with Gasteiger partial charge >= 0.3 is 6.09 Å². The molecule has 41 heavy (non-hydrogen) atoms. The van der Waals surface area contributed by atoms with E-state index in [-0.39, 0.29) is 31.0 Å². The van der Waals surface area contributed by atoms with E-state index >= 15 is 0 Å². The molecule has 0 saturated carbocycles. The van der Waals surface area contributed by atoms with Crippen LogP contribution in [0.15, 0.2) is 72.8 Å². The Balaban J connectivity index is 0.00000462. The number of nitrogens with one attached hydrogen (secondary N) is 1. The second-order valence-electron chi connectivity index (χ2n) is 10.2. The summed E-state index contributed by atoms with van der Waals surface area (Å²) in [7, 11) is 0. The highest BCUT2D eigenvalue weighted by Gasteiger charge is 2.22. The van der Waals surface area contributed by atoms with Crippen molar-refractivity contribution in [3.8, 4) is 0 Å². The van der Waals surface area contributed by atoms with E-state index in [9.17, 15) is 9.59 Å². The SMILES string of the molecule is CC(C)OCCc1ccccc1COC(=O)Nc1ccc(C(=O)N2CCN(CCc3ccc(Cl)cc3)CC2)cc1.Cl. The van der Waals surface area contributed by atoms with E-state index < -0.39 is 6.09 Å². The van der Waals surface area contributed by atoms with Gasteiger partial charge in [-0.25, -0.2) is 4.79 Å². The highest BCUT2D eigenvalue weighted by Crippen LogP contribution is 2.16. The van der Waals surface area contributed by atoms with Crippen molar-refractivity contribution < 1.29 is 19.1 Å². The van der Waals surface area contributed by atoms with Crippen LogP contribution in [-0.2, 0) is 28.9 Å². The number of ether oxygens (including phenoxy) is 2. The van der Waals surface area contributed by atoms with E-state index in [2.05, 4.69) is 22.3 Å². The zero-order valence-electron chi connectivity index (χ0n) is 23.7. The fraction of sp³-hybridized carbons (Fsp3) is 0.375. The molecule has 1 saturated heterocycles. The number of rotatable bonds is 11. The van der Waals surface area contributed by atoms with Gasteiger partial charge in [-0.3, -0.25) is 15.0 Å². The van der Waals surface area contributed by atoms with Gasteiger partial charge in [-0.1, -0.05) is 48.0 Å². The molecular weight excluding hydrogens is 561 g/mol. The number of anilines is 1. The standard InChI is InChI=1S/C32H38ClN3O4.ClH/c1-24(2)39-22-16-26-5-3-4-6-28(26)23-40-32(38)34-30-13-9-27(10-14-30)31(37)36-20-18-35(19-21-36)17-15-25-7-11-29(33)12-8-25;/h3-14,24H,15-23H2,1-2H3,(H,34,38);1H. The largest absolute Gasteiger partial charge is 0.444 e. The van der Waals surface area contributed by atoms with Crippen LogP contribution in [0.25, 0.3) is 0 Å². The molecule has 1 heterocycles. The predicted molar refractivity (Wildman–Crippen MR) is 166 cm³/mol. The van der Waals surface area contributed by atoms with Crippen LogP contribution in [0.3, 0.4) is 0 Å². The molecule has 0 aromatic heterocycles. The second kappa shape index (κ2) is 16.4. The van der Waals surface area contributed by atoms with Crippen molar-refractivity contribution in [3.05, 3.63) is 100 Å². The molecule has 7 nitrogen and oxygen atoms in total. The van der Waals surface area contributed by atoms with Gasteiger partial charge < -0.3 is 14.4 Å². The number of hydrogen-bond donors (Lipinski definition) is 1. The first-order valence-electron chi connectivity index (χ1n) is 13.9. The number of carbonyl (C=O) groups is 2. The molecule has 1 fully saturated rings. The highest BCUT2D eigenvalue weighted by atomic mass is 35.5. The van der Waals surface area contributed by atoms with Crippen LogP contribution >= 0.6 is 24.0 Å². The van der Waals surface area contributed by atoms with Gasteiger partial charge in [0.1, 0.15) is 6.61 Å². The topological polar surface area (TPSA) is 71.1 Å². The van der Waals surface area contributed by atoms with Crippen LogP contribution in [0.2, 0.25) is 5.02 Å². The molecule has 9 heteroatoms. The smallest absolute Gasteiger partial charge is 0.411 e. The Morgan fingerprint density at radius 1 is 0.878 bits per heavy atom. The number of halogens is 2. The molecule has 1 aliphatic rings. The molecule has 4 rings (SSSR count). The second-order valence-corrected chi connectivity index (χ2v) is 10.7. The molecule has 3 aromatic carbocycles. The Kier molecular flexibility index (Phi) is 12.9. The van der Waals surface area contributed by atoms with Crippen LogP contribution in [0, 0.1) is 0 Å². The minimum Gasteiger partial charge on any atom is -0.444 e. The number of benzene rings is 3. The zero-order valence-corrected chi connectivity index (χ0v) is 25.3. The lowest BCUT2D eigenvalue weighted by Gasteiger charge is -2.34. The Labute approximate surface area is 254 Å². The molecule has 2 amide bonds. The summed E-state index contributed by atoms with van der Waals surface area (Å²) in [5, 5.41) is 3.50. The van der Waals surface area contributed by atoms with E-state index in [1.54, 1.807) is 24.3 Å². The maximum atomic E-state index is 13.0. The van der Waals surface area contributed by atoms with Crippen molar-refractivity contribution in [2.24, 2.45) is 0 Å². The van der Waals surface area contributed by atoms with Crippen molar-refractivity contribution >= 4 is 41.7 Å². The molecule has 220 valence electrons. The first-order chi connectivity index (χ1) is 19.4. The third kappa shape index (κ3) is 10.3. The summed E-state index contributed by atoms with van der Waals surface area (Å²) in [6.07, 6.45) is 1.36. The quantitative estimate of drug-likeness (QED) is 0.273. The van der Waals surface area contributed by atoms with Crippen molar-refractivity contribution in [1.29, 1.82) is 0 Å². The van der Waals surface area contributed by atoms with Crippen LogP contribution < -0.4 is 5.32 Å². The predicted octanol–water partition coefficient (Wildman–Crippen LogP) is 6.48. The number of piperazine rings is 1.